The van der Waals surface area contributed by atoms with Gasteiger partial charge >= 0.3 is 0 Å². The summed E-state index contributed by atoms with van der Waals surface area (Å²) in [5.41, 5.74) is 0.923. The number of alkyl halides is 1. The van der Waals surface area contributed by atoms with Gasteiger partial charge in [0.2, 0.25) is 0 Å². The minimum Gasteiger partial charge on any atom is -0.373 e. The summed E-state index contributed by atoms with van der Waals surface area (Å²) in [6, 6.07) is 1.85. The number of aryl methyl sites for hydroxylation is 1. The third kappa shape index (κ3) is 3.14. The maximum Gasteiger partial charge on any atom is 0.109 e. The van der Waals surface area contributed by atoms with Crippen LogP contribution >= 0.6 is 0 Å². The van der Waals surface area contributed by atoms with E-state index in [4.69, 9.17) is 4.74 Å². The summed E-state index contributed by atoms with van der Waals surface area (Å²) in [5.74, 6) is 0. The highest BCUT2D eigenvalue weighted by molar-refractivity contribution is 4.98. The summed E-state index contributed by atoms with van der Waals surface area (Å²) in [6.07, 6.45) is 1.85. The molecule has 0 unspecified atom stereocenters. The topological polar surface area (TPSA) is 27.1 Å². The number of hydrogen-bond donors (Lipinski definition) is 0. The zero-order chi connectivity index (χ0) is 9.68. The molecule has 1 aromatic rings. The van der Waals surface area contributed by atoms with Gasteiger partial charge in [-0.25, -0.2) is 4.39 Å². The van der Waals surface area contributed by atoms with Gasteiger partial charge in [-0.05, 0) is 19.9 Å². The second-order valence-corrected chi connectivity index (χ2v) is 3.09. The first-order valence-corrected chi connectivity index (χ1v) is 4.42. The van der Waals surface area contributed by atoms with E-state index >= 15 is 0 Å². The first kappa shape index (κ1) is 10.2. The molecule has 0 fully saturated rings. The van der Waals surface area contributed by atoms with E-state index in [1.807, 2.05) is 19.9 Å². The predicted octanol–water partition coefficient (Wildman–Crippen LogP) is 1.78. The van der Waals surface area contributed by atoms with Gasteiger partial charge in [0.1, 0.15) is 6.67 Å². The van der Waals surface area contributed by atoms with Crippen molar-refractivity contribution in [2.45, 2.75) is 33.1 Å². The smallest absolute Gasteiger partial charge is 0.109 e. The SMILES string of the molecule is CC(C)OCc1ccnn1CCF. The largest absolute Gasteiger partial charge is 0.373 e. The Balaban J connectivity index is 2.49. The van der Waals surface area contributed by atoms with Crippen LogP contribution in [0.2, 0.25) is 0 Å². The highest BCUT2D eigenvalue weighted by Gasteiger charge is 2.02. The lowest BCUT2D eigenvalue weighted by Gasteiger charge is -2.08. The Labute approximate surface area is 77.5 Å². The van der Waals surface area contributed by atoms with Crippen LogP contribution in [0.3, 0.4) is 0 Å². The standard InChI is InChI=1S/C9H15FN2O/c1-8(2)13-7-9-3-5-11-12(9)6-4-10/h3,5,8H,4,6-7H2,1-2H3. The Kier molecular flexibility index (Phi) is 3.89. The number of halogens is 1. The van der Waals surface area contributed by atoms with Crippen molar-refractivity contribution in [2.24, 2.45) is 0 Å². The monoisotopic (exact) mass is 186 g/mol. The molecule has 0 aliphatic rings. The summed E-state index contributed by atoms with van der Waals surface area (Å²) in [4.78, 5) is 0. The van der Waals surface area contributed by atoms with E-state index in [9.17, 15) is 4.39 Å². The molecule has 0 spiro atoms. The van der Waals surface area contributed by atoms with Crippen LogP contribution in [0.15, 0.2) is 12.3 Å². The van der Waals surface area contributed by atoms with Gasteiger partial charge in [0, 0.05) is 6.20 Å². The van der Waals surface area contributed by atoms with Crippen molar-refractivity contribution in [1.29, 1.82) is 0 Å². The lowest BCUT2D eigenvalue weighted by molar-refractivity contribution is 0.0609. The molecule has 74 valence electrons. The number of nitrogens with zero attached hydrogens (tertiary/aromatic N) is 2. The second kappa shape index (κ2) is 4.97. The minimum atomic E-state index is -0.393. The minimum absolute atomic E-state index is 0.189. The number of ether oxygens (including phenoxy) is 1. The maximum atomic E-state index is 12.0. The molecule has 4 heteroatoms. The van der Waals surface area contributed by atoms with Crippen molar-refractivity contribution in [3.8, 4) is 0 Å². The van der Waals surface area contributed by atoms with Crippen LogP contribution in [0.5, 0.6) is 0 Å². The molecular weight excluding hydrogens is 171 g/mol. The third-order valence-corrected chi connectivity index (χ3v) is 1.67. The highest BCUT2D eigenvalue weighted by atomic mass is 19.1. The van der Waals surface area contributed by atoms with E-state index in [0.717, 1.165) is 5.69 Å². The quantitative estimate of drug-likeness (QED) is 0.700. The van der Waals surface area contributed by atoms with Crippen LogP contribution in [0.4, 0.5) is 4.39 Å². The van der Waals surface area contributed by atoms with Gasteiger partial charge in [-0.3, -0.25) is 4.68 Å². The van der Waals surface area contributed by atoms with Crippen LogP contribution in [0, 0.1) is 0 Å². The van der Waals surface area contributed by atoms with Crippen molar-refractivity contribution in [3.05, 3.63) is 18.0 Å². The number of aromatic nitrogens is 2. The predicted molar refractivity (Wildman–Crippen MR) is 48.1 cm³/mol. The van der Waals surface area contributed by atoms with E-state index in [0.29, 0.717) is 13.2 Å². The molecule has 13 heavy (non-hydrogen) atoms. The molecule has 0 saturated heterocycles. The summed E-state index contributed by atoms with van der Waals surface area (Å²) in [5, 5.41) is 3.98. The van der Waals surface area contributed by atoms with Crippen LogP contribution in [0.1, 0.15) is 19.5 Å². The Bertz CT molecular complexity index is 248. The second-order valence-electron chi connectivity index (χ2n) is 3.09. The molecule has 3 nitrogen and oxygen atoms in total. The van der Waals surface area contributed by atoms with Gasteiger partial charge in [-0.2, -0.15) is 5.10 Å². The molecule has 0 N–H and O–H groups in total. The average molecular weight is 186 g/mol. The third-order valence-electron chi connectivity index (χ3n) is 1.67. The molecule has 1 rings (SSSR count). The van der Waals surface area contributed by atoms with Crippen molar-refractivity contribution < 1.29 is 9.13 Å². The fourth-order valence-corrected chi connectivity index (χ4v) is 1.02. The van der Waals surface area contributed by atoms with E-state index in [1.54, 1.807) is 10.9 Å². The number of hydrogen-bond acceptors (Lipinski definition) is 2. The molecule has 0 atom stereocenters. The van der Waals surface area contributed by atoms with E-state index in [2.05, 4.69) is 5.10 Å². The molecule has 0 aliphatic heterocycles. The van der Waals surface area contributed by atoms with Crippen LogP contribution in [-0.2, 0) is 17.9 Å². The van der Waals surface area contributed by atoms with Gasteiger partial charge in [0.25, 0.3) is 0 Å². The van der Waals surface area contributed by atoms with Crippen molar-refractivity contribution in [3.63, 3.8) is 0 Å². The molecule has 1 heterocycles. The van der Waals surface area contributed by atoms with Gasteiger partial charge in [0.05, 0.1) is 24.9 Å². The van der Waals surface area contributed by atoms with Crippen molar-refractivity contribution in [2.75, 3.05) is 6.67 Å². The lowest BCUT2D eigenvalue weighted by atomic mass is 10.4. The molecule has 0 saturated carbocycles. The molecule has 0 bridgehead atoms. The van der Waals surface area contributed by atoms with E-state index < -0.39 is 6.67 Å². The normalized spacial score (nSPS) is 11.1. The maximum absolute atomic E-state index is 12.0. The summed E-state index contributed by atoms with van der Waals surface area (Å²) in [6.45, 7) is 4.35. The Hall–Kier alpha value is -0.900. The van der Waals surface area contributed by atoms with Crippen molar-refractivity contribution >= 4 is 0 Å². The highest BCUT2D eigenvalue weighted by Crippen LogP contribution is 2.03. The summed E-state index contributed by atoms with van der Waals surface area (Å²) < 4.78 is 19.1. The van der Waals surface area contributed by atoms with Gasteiger partial charge in [-0.15, -0.1) is 0 Å². The molecule has 0 amide bonds. The zero-order valence-electron chi connectivity index (χ0n) is 8.03. The first-order chi connectivity index (χ1) is 6.24. The van der Waals surface area contributed by atoms with Crippen LogP contribution in [0.25, 0.3) is 0 Å². The van der Waals surface area contributed by atoms with Gasteiger partial charge < -0.3 is 4.74 Å². The van der Waals surface area contributed by atoms with Crippen molar-refractivity contribution in [1.82, 2.24) is 9.78 Å². The molecule has 1 aromatic heterocycles. The van der Waals surface area contributed by atoms with Gasteiger partial charge in [0.15, 0.2) is 0 Å². The van der Waals surface area contributed by atoms with E-state index in [1.165, 1.54) is 0 Å². The first-order valence-electron chi connectivity index (χ1n) is 4.42. The summed E-state index contributed by atoms with van der Waals surface area (Å²) in [7, 11) is 0. The number of rotatable bonds is 5. The van der Waals surface area contributed by atoms with Crippen LogP contribution < -0.4 is 0 Å². The lowest BCUT2D eigenvalue weighted by Crippen LogP contribution is -2.10. The fraction of sp³-hybridized carbons (Fsp3) is 0.667. The fourth-order valence-electron chi connectivity index (χ4n) is 1.02. The molecular formula is C9H15FN2O. The van der Waals surface area contributed by atoms with Crippen LogP contribution in [-0.4, -0.2) is 22.6 Å². The average Bonchev–Trinajstić information content (AvgIpc) is 2.49. The van der Waals surface area contributed by atoms with E-state index in [-0.39, 0.29) is 6.10 Å². The molecule has 0 radical (unpaired) electrons. The zero-order valence-corrected chi connectivity index (χ0v) is 8.03. The summed E-state index contributed by atoms with van der Waals surface area (Å²) >= 11 is 0. The Morgan fingerprint density at radius 3 is 3.00 bits per heavy atom. The molecule has 0 aliphatic carbocycles. The Morgan fingerprint density at radius 2 is 2.38 bits per heavy atom. The Morgan fingerprint density at radius 1 is 1.62 bits per heavy atom. The van der Waals surface area contributed by atoms with Gasteiger partial charge in [-0.1, -0.05) is 0 Å². The molecule has 0 aromatic carbocycles.